The number of aromatic nitrogens is 3. The van der Waals surface area contributed by atoms with Crippen molar-refractivity contribution in [1.29, 1.82) is 0 Å². The van der Waals surface area contributed by atoms with Crippen LogP contribution in [0.2, 0.25) is 0 Å². The average Bonchev–Trinajstić information content (AvgIpc) is 2.52. The molecule has 0 aromatic carbocycles. The van der Waals surface area contributed by atoms with E-state index in [1.54, 1.807) is 0 Å². The molecule has 6 nitrogen and oxygen atoms in total. The molecule has 1 aromatic rings. The monoisotopic (exact) mass is 183 g/mol. The van der Waals surface area contributed by atoms with E-state index in [4.69, 9.17) is 5.73 Å². The van der Waals surface area contributed by atoms with E-state index in [0.29, 0.717) is 6.54 Å². The lowest BCUT2D eigenvalue weighted by molar-refractivity contribution is 0.239. The van der Waals surface area contributed by atoms with Gasteiger partial charge in [0, 0.05) is 6.54 Å². The second-order valence-corrected chi connectivity index (χ2v) is 2.63. The van der Waals surface area contributed by atoms with Crippen molar-refractivity contribution in [2.75, 3.05) is 12.3 Å². The molecule has 1 heterocycles. The Morgan fingerprint density at radius 3 is 3.08 bits per heavy atom. The summed E-state index contributed by atoms with van der Waals surface area (Å²) >= 11 is 0. The lowest BCUT2D eigenvalue weighted by atomic mass is 10.3. The van der Waals surface area contributed by atoms with Gasteiger partial charge in [0.05, 0.1) is 0 Å². The largest absolute Gasteiger partial charge is 0.366 e. The quantitative estimate of drug-likeness (QED) is 0.656. The number of hydrogen-bond donors (Lipinski definition) is 2. The zero-order valence-corrected chi connectivity index (χ0v) is 7.53. The first-order chi connectivity index (χ1) is 6.24. The van der Waals surface area contributed by atoms with Gasteiger partial charge < -0.3 is 11.1 Å². The van der Waals surface area contributed by atoms with Gasteiger partial charge in [-0.15, -0.1) is 5.10 Å². The Balaban J connectivity index is 2.40. The Labute approximate surface area is 76.1 Å². The second-order valence-electron chi connectivity index (χ2n) is 2.63. The van der Waals surface area contributed by atoms with E-state index < -0.39 is 0 Å². The summed E-state index contributed by atoms with van der Waals surface area (Å²) in [6.45, 7) is 2.70. The molecule has 0 saturated heterocycles. The Morgan fingerprint density at radius 1 is 1.77 bits per heavy atom. The fraction of sp³-hybridized carbons (Fsp3) is 0.571. The summed E-state index contributed by atoms with van der Waals surface area (Å²) in [6.07, 6.45) is 3.28. The van der Waals surface area contributed by atoms with Crippen LogP contribution in [0.5, 0.6) is 0 Å². The number of nitrogens with zero attached hydrogens (tertiary/aromatic N) is 3. The number of amides is 1. The van der Waals surface area contributed by atoms with Crippen LogP contribution in [0.25, 0.3) is 0 Å². The van der Waals surface area contributed by atoms with E-state index in [0.717, 1.165) is 17.5 Å². The minimum atomic E-state index is -0.294. The molecule has 1 aromatic heterocycles. The number of anilines is 1. The van der Waals surface area contributed by atoms with Crippen LogP contribution in [0.15, 0.2) is 6.33 Å². The third-order valence-corrected chi connectivity index (χ3v) is 1.52. The molecule has 0 aliphatic heterocycles. The normalized spacial score (nSPS) is 9.92. The number of carbonyl (C=O) groups excluding carboxylic acids is 1. The smallest absolute Gasteiger partial charge is 0.343 e. The predicted octanol–water partition coefficient (Wildman–Crippen LogP) is 0.218. The maximum Gasteiger partial charge on any atom is 0.343 e. The van der Waals surface area contributed by atoms with Crippen molar-refractivity contribution in [1.82, 2.24) is 20.1 Å². The van der Waals surface area contributed by atoms with E-state index in [9.17, 15) is 4.79 Å². The Hall–Kier alpha value is -1.59. The van der Waals surface area contributed by atoms with Crippen molar-refractivity contribution in [3.8, 4) is 0 Å². The Bertz CT molecular complexity index is 282. The summed E-state index contributed by atoms with van der Waals surface area (Å²) < 4.78 is 1.09. The molecule has 0 aliphatic rings. The fourth-order valence-electron chi connectivity index (χ4n) is 0.827. The molecule has 72 valence electrons. The lowest BCUT2D eigenvalue weighted by Gasteiger charge is -2.01. The molecule has 3 N–H and O–H groups in total. The highest BCUT2D eigenvalue weighted by atomic mass is 16.2. The van der Waals surface area contributed by atoms with Crippen LogP contribution in [0, 0.1) is 0 Å². The molecule has 0 atom stereocenters. The Kier molecular flexibility index (Phi) is 3.24. The number of nitrogens with two attached hydrogens (primary N) is 1. The van der Waals surface area contributed by atoms with Gasteiger partial charge in [-0.2, -0.15) is 4.68 Å². The van der Waals surface area contributed by atoms with Gasteiger partial charge in [-0.1, -0.05) is 13.3 Å². The number of nitrogen functional groups attached to an aromatic ring is 1. The molecule has 13 heavy (non-hydrogen) atoms. The van der Waals surface area contributed by atoms with E-state index >= 15 is 0 Å². The first-order valence-electron chi connectivity index (χ1n) is 4.19. The first-order valence-corrected chi connectivity index (χ1v) is 4.19. The zero-order valence-electron chi connectivity index (χ0n) is 7.53. The summed E-state index contributed by atoms with van der Waals surface area (Å²) in [5, 5.41) is 6.34. The van der Waals surface area contributed by atoms with Crippen LogP contribution in [-0.4, -0.2) is 27.3 Å². The molecule has 0 saturated carbocycles. The SMILES string of the molecule is CCCCNC(=O)n1cnc(N)n1. The molecule has 0 radical (unpaired) electrons. The molecule has 0 unspecified atom stereocenters. The summed E-state index contributed by atoms with van der Waals surface area (Å²) in [4.78, 5) is 14.9. The third-order valence-electron chi connectivity index (χ3n) is 1.52. The molecule has 1 rings (SSSR count). The standard InChI is InChI=1S/C7H13N5O/c1-2-3-4-9-7(13)12-5-10-6(8)11-12/h5H,2-4H2,1H3,(H2,8,11)(H,9,13). The number of carbonyl (C=O) groups is 1. The summed E-state index contributed by atoms with van der Waals surface area (Å²) in [7, 11) is 0. The lowest BCUT2D eigenvalue weighted by Crippen LogP contribution is -2.29. The van der Waals surface area contributed by atoms with E-state index in [1.165, 1.54) is 6.33 Å². The first kappa shape index (κ1) is 9.50. The number of nitrogens with one attached hydrogen (secondary N) is 1. The maximum atomic E-state index is 11.2. The van der Waals surface area contributed by atoms with E-state index in [1.807, 2.05) is 0 Å². The van der Waals surface area contributed by atoms with Gasteiger partial charge in [0.1, 0.15) is 6.33 Å². The van der Waals surface area contributed by atoms with Crippen LogP contribution in [0.1, 0.15) is 19.8 Å². The average molecular weight is 183 g/mol. The molecular formula is C7H13N5O. The zero-order chi connectivity index (χ0) is 9.68. The topological polar surface area (TPSA) is 85.8 Å². The van der Waals surface area contributed by atoms with Gasteiger partial charge in [0.25, 0.3) is 0 Å². The van der Waals surface area contributed by atoms with Gasteiger partial charge >= 0.3 is 6.03 Å². The van der Waals surface area contributed by atoms with Crippen LogP contribution in [0.3, 0.4) is 0 Å². The number of hydrogen-bond acceptors (Lipinski definition) is 4. The molecule has 0 spiro atoms. The minimum absolute atomic E-state index is 0.102. The molecule has 6 heteroatoms. The third kappa shape index (κ3) is 2.73. The Morgan fingerprint density at radius 2 is 2.54 bits per heavy atom. The summed E-state index contributed by atoms with van der Waals surface area (Å²) in [6, 6.07) is -0.294. The number of rotatable bonds is 3. The predicted molar refractivity (Wildman–Crippen MR) is 48.1 cm³/mol. The van der Waals surface area contributed by atoms with Crippen LogP contribution >= 0.6 is 0 Å². The minimum Gasteiger partial charge on any atom is -0.366 e. The molecular weight excluding hydrogens is 170 g/mol. The highest BCUT2D eigenvalue weighted by Gasteiger charge is 2.04. The van der Waals surface area contributed by atoms with Crippen LogP contribution in [-0.2, 0) is 0 Å². The van der Waals surface area contributed by atoms with Crippen LogP contribution < -0.4 is 11.1 Å². The molecule has 0 fully saturated rings. The highest BCUT2D eigenvalue weighted by Crippen LogP contribution is 1.89. The van der Waals surface area contributed by atoms with E-state index in [-0.39, 0.29) is 12.0 Å². The van der Waals surface area contributed by atoms with Gasteiger partial charge in [-0.25, -0.2) is 9.78 Å². The fourth-order valence-corrected chi connectivity index (χ4v) is 0.827. The molecule has 0 aliphatic carbocycles. The van der Waals surface area contributed by atoms with Crippen molar-refractivity contribution in [3.05, 3.63) is 6.33 Å². The molecule has 1 amide bonds. The van der Waals surface area contributed by atoms with Gasteiger partial charge in [-0.3, -0.25) is 0 Å². The second kappa shape index (κ2) is 4.44. The van der Waals surface area contributed by atoms with Gasteiger partial charge in [0.2, 0.25) is 5.95 Å². The highest BCUT2D eigenvalue weighted by molar-refractivity contribution is 5.75. The van der Waals surface area contributed by atoms with Crippen molar-refractivity contribution in [2.24, 2.45) is 0 Å². The van der Waals surface area contributed by atoms with Crippen molar-refractivity contribution in [2.45, 2.75) is 19.8 Å². The van der Waals surface area contributed by atoms with Crippen LogP contribution in [0.4, 0.5) is 10.7 Å². The van der Waals surface area contributed by atoms with Gasteiger partial charge in [0.15, 0.2) is 0 Å². The molecule has 0 bridgehead atoms. The van der Waals surface area contributed by atoms with E-state index in [2.05, 4.69) is 22.3 Å². The van der Waals surface area contributed by atoms with Crippen molar-refractivity contribution in [3.63, 3.8) is 0 Å². The summed E-state index contributed by atoms with van der Waals surface area (Å²) in [5.74, 6) is 0.102. The maximum absolute atomic E-state index is 11.2. The van der Waals surface area contributed by atoms with Gasteiger partial charge in [-0.05, 0) is 6.42 Å². The summed E-state index contributed by atoms with van der Waals surface area (Å²) in [5.41, 5.74) is 5.25. The van der Waals surface area contributed by atoms with Crippen molar-refractivity contribution >= 4 is 12.0 Å². The number of unbranched alkanes of at least 4 members (excludes halogenated alkanes) is 1. The van der Waals surface area contributed by atoms with Crippen molar-refractivity contribution < 1.29 is 4.79 Å².